The summed E-state index contributed by atoms with van der Waals surface area (Å²) in [5.74, 6) is 0. The van der Waals surface area contributed by atoms with Crippen molar-refractivity contribution < 1.29 is 0 Å². The Hall–Kier alpha value is -1.04. The molecule has 1 radical (unpaired) electrons. The minimum absolute atomic E-state index is 0.186. The van der Waals surface area contributed by atoms with Gasteiger partial charge in [0.1, 0.15) is 0 Å². The molecule has 0 aliphatic heterocycles. The van der Waals surface area contributed by atoms with Crippen molar-refractivity contribution in [1.29, 1.82) is 0 Å². The zero-order valence-corrected chi connectivity index (χ0v) is 12.7. The first-order valence-corrected chi connectivity index (χ1v) is 7.11. The molecule has 0 fully saturated rings. The lowest BCUT2D eigenvalue weighted by atomic mass is 9.76. The van der Waals surface area contributed by atoms with Crippen molar-refractivity contribution >= 4 is 0 Å². The average molecular weight is 241 g/mol. The Bertz CT molecular complexity index is 490. The Morgan fingerprint density at radius 1 is 1.17 bits per heavy atom. The van der Waals surface area contributed by atoms with Crippen LogP contribution in [-0.2, 0) is 0 Å². The van der Waals surface area contributed by atoms with Crippen molar-refractivity contribution in [2.45, 2.75) is 60.8 Å². The molecule has 97 valence electrons. The predicted molar refractivity (Wildman–Crippen MR) is 79.2 cm³/mol. The highest BCUT2D eigenvalue weighted by Gasteiger charge is 2.37. The van der Waals surface area contributed by atoms with E-state index in [1.54, 1.807) is 5.57 Å². The minimum atomic E-state index is 0.186. The van der Waals surface area contributed by atoms with Gasteiger partial charge in [-0.05, 0) is 67.6 Å². The lowest BCUT2D eigenvalue weighted by molar-refractivity contribution is 0.554. The summed E-state index contributed by atoms with van der Waals surface area (Å²) in [7, 11) is 0. The zero-order chi connectivity index (χ0) is 13.5. The molecule has 0 heterocycles. The van der Waals surface area contributed by atoms with Crippen LogP contribution in [0.3, 0.4) is 0 Å². The Labute approximate surface area is 112 Å². The zero-order valence-electron chi connectivity index (χ0n) is 12.7. The largest absolute Gasteiger partial charge is 0.0722 e. The van der Waals surface area contributed by atoms with Gasteiger partial charge in [-0.15, -0.1) is 0 Å². The van der Waals surface area contributed by atoms with Crippen molar-refractivity contribution in [2.75, 3.05) is 0 Å². The second-order valence-electron chi connectivity index (χ2n) is 6.10. The van der Waals surface area contributed by atoms with E-state index in [9.17, 15) is 0 Å². The molecule has 0 aromatic carbocycles. The van der Waals surface area contributed by atoms with Gasteiger partial charge in [-0.2, -0.15) is 0 Å². The van der Waals surface area contributed by atoms with E-state index in [0.717, 1.165) is 12.8 Å². The van der Waals surface area contributed by atoms with Crippen molar-refractivity contribution in [3.05, 3.63) is 45.6 Å². The van der Waals surface area contributed by atoms with Crippen LogP contribution in [0.25, 0.3) is 0 Å². The molecule has 0 N–H and O–H groups in total. The van der Waals surface area contributed by atoms with Crippen LogP contribution in [0, 0.1) is 11.5 Å². The molecule has 0 heteroatoms. The van der Waals surface area contributed by atoms with Gasteiger partial charge >= 0.3 is 0 Å². The van der Waals surface area contributed by atoms with Gasteiger partial charge in [-0.1, -0.05) is 38.8 Å². The number of allylic oxidation sites excluding steroid dienone is 8. The number of hydrogen-bond acceptors (Lipinski definition) is 0. The third-order valence-corrected chi connectivity index (χ3v) is 4.78. The molecule has 2 aliphatic rings. The van der Waals surface area contributed by atoms with E-state index in [1.165, 1.54) is 34.3 Å². The normalized spacial score (nSPS) is 22.8. The van der Waals surface area contributed by atoms with Crippen LogP contribution in [0.1, 0.15) is 60.8 Å². The van der Waals surface area contributed by atoms with Gasteiger partial charge in [0.25, 0.3) is 0 Å². The van der Waals surface area contributed by atoms with E-state index in [2.05, 4.69) is 53.7 Å². The maximum atomic E-state index is 3.54. The van der Waals surface area contributed by atoms with Crippen LogP contribution in [-0.4, -0.2) is 0 Å². The lowest BCUT2D eigenvalue weighted by Gasteiger charge is -2.28. The summed E-state index contributed by atoms with van der Waals surface area (Å²) in [5, 5.41) is 0. The fourth-order valence-electron chi connectivity index (χ4n) is 3.35. The molecule has 0 unspecified atom stereocenters. The van der Waals surface area contributed by atoms with Crippen molar-refractivity contribution in [2.24, 2.45) is 5.41 Å². The topological polar surface area (TPSA) is 0 Å². The maximum Gasteiger partial charge on any atom is 0.0117 e. The van der Waals surface area contributed by atoms with Crippen molar-refractivity contribution in [3.8, 4) is 0 Å². The monoisotopic (exact) mass is 241 g/mol. The molecule has 0 saturated heterocycles. The van der Waals surface area contributed by atoms with E-state index < -0.39 is 0 Å². The molecular weight excluding hydrogens is 216 g/mol. The van der Waals surface area contributed by atoms with Gasteiger partial charge in [0, 0.05) is 5.41 Å². The number of rotatable bonds is 3. The predicted octanol–water partition coefficient (Wildman–Crippen LogP) is 5.54. The SMILES string of the molecule is CCCC1=[C]CC=C1C1=C(C)C(C)=C(C)C1(C)C. The molecule has 0 spiro atoms. The molecule has 2 aliphatic carbocycles. The van der Waals surface area contributed by atoms with Crippen LogP contribution in [0.4, 0.5) is 0 Å². The highest BCUT2D eigenvalue weighted by molar-refractivity contribution is 5.63. The van der Waals surface area contributed by atoms with Crippen molar-refractivity contribution in [1.82, 2.24) is 0 Å². The molecule has 0 bridgehead atoms. The fourth-order valence-corrected chi connectivity index (χ4v) is 3.35. The highest BCUT2D eigenvalue weighted by atomic mass is 14.4. The summed E-state index contributed by atoms with van der Waals surface area (Å²) in [5.41, 5.74) is 9.16. The molecule has 2 rings (SSSR count). The summed E-state index contributed by atoms with van der Waals surface area (Å²) >= 11 is 0. The van der Waals surface area contributed by atoms with Crippen LogP contribution < -0.4 is 0 Å². The first kappa shape index (κ1) is 13.4. The first-order valence-electron chi connectivity index (χ1n) is 7.11. The molecular formula is C18H25. The fraction of sp³-hybridized carbons (Fsp3) is 0.556. The minimum Gasteiger partial charge on any atom is -0.0722 e. The summed E-state index contributed by atoms with van der Waals surface area (Å²) in [6, 6.07) is 0. The molecule has 0 aromatic heterocycles. The van der Waals surface area contributed by atoms with E-state index in [4.69, 9.17) is 0 Å². The summed E-state index contributed by atoms with van der Waals surface area (Å²) in [6.45, 7) is 13.8. The third kappa shape index (κ3) is 1.83. The van der Waals surface area contributed by atoms with E-state index in [0.29, 0.717) is 0 Å². The quantitative estimate of drug-likeness (QED) is 0.608. The van der Waals surface area contributed by atoms with Gasteiger partial charge in [0.2, 0.25) is 0 Å². The lowest BCUT2D eigenvalue weighted by Crippen LogP contribution is -2.15. The molecule has 0 amide bonds. The van der Waals surface area contributed by atoms with Gasteiger partial charge in [-0.3, -0.25) is 0 Å². The van der Waals surface area contributed by atoms with Crippen LogP contribution in [0.2, 0.25) is 0 Å². The second kappa shape index (κ2) is 4.57. The number of hydrogen-bond donors (Lipinski definition) is 0. The van der Waals surface area contributed by atoms with Crippen LogP contribution >= 0.6 is 0 Å². The first-order chi connectivity index (χ1) is 8.41. The van der Waals surface area contributed by atoms with E-state index in [1.807, 2.05) is 0 Å². The summed E-state index contributed by atoms with van der Waals surface area (Å²) < 4.78 is 0. The maximum absolute atomic E-state index is 3.54. The second-order valence-corrected chi connectivity index (χ2v) is 6.10. The third-order valence-electron chi connectivity index (χ3n) is 4.78. The average Bonchev–Trinajstić information content (AvgIpc) is 2.80. The molecule has 18 heavy (non-hydrogen) atoms. The summed E-state index contributed by atoms with van der Waals surface area (Å²) in [6.07, 6.45) is 9.28. The van der Waals surface area contributed by atoms with E-state index in [-0.39, 0.29) is 5.41 Å². The highest BCUT2D eigenvalue weighted by Crippen LogP contribution is 2.51. The van der Waals surface area contributed by atoms with Gasteiger partial charge < -0.3 is 0 Å². The molecule has 0 aromatic rings. The van der Waals surface area contributed by atoms with Crippen LogP contribution in [0.5, 0.6) is 0 Å². The Morgan fingerprint density at radius 3 is 2.33 bits per heavy atom. The van der Waals surface area contributed by atoms with Crippen molar-refractivity contribution in [3.63, 3.8) is 0 Å². The Balaban J connectivity index is 2.45. The smallest absolute Gasteiger partial charge is 0.0117 e. The van der Waals surface area contributed by atoms with Crippen LogP contribution in [0.15, 0.2) is 39.5 Å². The van der Waals surface area contributed by atoms with Gasteiger partial charge in [0.05, 0.1) is 0 Å². The van der Waals surface area contributed by atoms with Gasteiger partial charge in [-0.25, -0.2) is 0 Å². The van der Waals surface area contributed by atoms with Gasteiger partial charge in [0.15, 0.2) is 0 Å². The Morgan fingerprint density at radius 2 is 1.83 bits per heavy atom. The summed E-state index contributed by atoms with van der Waals surface area (Å²) in [4.78, 5) is 0. The van der Waals surface area contributed by atoms with E-state index >= 15 is 0 Å². The molecule has 0 nitrogen and oxygen atoms in total. The Kier molecular flexibility index (Phi) is 3.40. The molecule has 0 atom stereocenters. The standard InChI is InChI=1S/C18H25/c1-7-9-15-10-8-11-16(15)17-13(3)12(2)14(4)18(17,5)6/h11H,7-9H2,1-6H3. The molecule has 0 saturated carbocycles.